The third kappa shape index (κ3) is 5.24. The van der Waals surface area contributed by atoms with Crippen LogP contribution in [0.15, 0.2) is 42.7 Å². The van der Waals surface area contributed by atoms with Gasteiger partial charge in [-0.15, -0.1) is 0 Å². The second kappa shape index (κ2) is 11.4. The maximum Gasteiger partial charge on any atom is 0.257 e. The molecule has 11 heteroatoms. The Hall–Kier alpha value is -4.22. The second-order valence-corrected chi connectivity index (χ2v) is 8.91. The van der Waals surface area contributed by atoms with Crippen molar-refractivity contribution in [3.8, 4) is 17.3 Å². The normalized spacial score (nSPS) is 16.7. The highest BCUT2D eigenvalue weighted by Crippen LogP contribution is 2.37. The average Bonchev–Trinajstić information content (AvgIpc) is 2.96. The van der Waals surface area contributed by atoms with Gasteiger partial charge in [-0.1, -0.05) is 0 Å². The molecule has 0 aliphatic carbocycles. The minimum absolute atomic E-state index is 0.197. The fraction of sp³-hybridized carbons (Fsp3) is 0.333. The van der Waals surface area contributed by atoms with Gasteiger partial charge in [0.1, 0.15) is 23.8 Å². The zero-order valence-electron chi connectivity index (χ0n) is 21.5. The molecular weight excluding hydrogens is 486 g/mol. The molecule has 2 aromatic heterocycles. The number of hydrogen-bond acceptors (Lipinski definition) is 11. The fourth-order valence-electron chi connectivity index (χ4n) is 4.61. The average molecular weight is 518 g/mol. The molecule has 1 aromatic carbocycles. The molecule has 1 saturated heterocycles. The molecule has 5 rings (SSSR count). The first-order valence-corrected chi connectivity index (χ1v) is 12.4. The number of carbonyl (C=O) groups excluding carboxylic acids is 1. The molecule has 0 saturated carbocycles. The van der Waals surface area contributed by atoms with Crippen LogP contribution in [-0.4, -0.2) is 79.8 Å². The molecule has 198 valence electrons. The second-order valence-electron chi connectivity index (χ2n) is 8.91. The van der Waals surface area contributed by atoms with Gasteiger partial charge in [0.05, 0.1) is 38.8 Å². The minimum atomic E-state index is -0.533. The van der Waals surface area contributed by atoms with Crippen LogP contribution in [0.25, 0.3) is 17.5 Å². The maximum absolute atomic E-state index is 12.4. The molecule has 0 spiro atoms. The van der Waals surface area contributed by atoms with Gasteiger partial charge < -0.3 is 39.9 Å². The van der Waals surface area contributed by atoms with Gasteiger partial charge in [-0.25, -0.2) is 15.0 Å². The number of ether oxygens (including phenoxy) is 3. The van der Waals surface area contributed by atoms with Gasteiger partial charge in [-0.2, -0.15) is 0 Å². The predicted octanol–water partition coefficient (Wildman–Crippen LogP) is 2.88. The summed E-state index contributed by atoms with van der Waals surface area (Å²) in [7, 11) is 3.13. The van der Waals surface area contributed by atoms with Gasteiger partial charge in [0.2, 0.25) is 0 Å². The van der Waals surface area contributed by atoms with E-state index in [0.29, 0.717) is 30.4 Å². The van der Waals surface area contributed by atoms with Gasteiger partial charge in [-0.3, -0.25) is 0 Å². The number of aromatic nitrogens is 3. The van der Waals surface area contributed by atoms with Gasteiger partial charge in [0.25, 0.3) is 5.88 Å². The Balaban J connectivity index is 1.54. The lowest BCUT2D eigenvalue weighted by Gasteiger charge is -2.32. The van der Waals surface area contributed by atoms with Crippen LogP contribution in [0.2, 0.25) is 0 Å². The molecule has 11 nitrogen and oxygen atoms in total. The van der Waals surface area contributed by atoms with E-state index in [9.17, 15) is 4.79 Å². The lowest BCUT2D eigenvalue weighted by atomic mass is 9.96. The van der Waals surface area contributed by atoms with Crippen LogP contribution in [-0.2, 0) is 14.3 Å². The van der Waals surface area contributed by atoms with Crippen LogP contribution in [0, 0.1) is 0 Å². The Morgan fingerprint density at radius 2 is 1.95 bits per heavy atom. The number of fused-ring (bicyclic) bond motifs is 1. The number of carbonyl (C=O) groups is 1. The van der Waals surface area contributed by atoms with Crippen molar-refractivity contribution in [2.24, 2.45) is 0 Å². The van der Waals surface area contributed by atoms with Crippen molar-refractivity contribution in [1.82, 2.24) is 19.9 Å². The van der Waals surface area contributed by atoms with Crippen molar-refractivity contribution in [2.75, 3.05) is 69.6 Å². The van der Waals surface area contributed by atoms with Crippen LogP contribution < -0.4 is 20.7 Å². The van der Waals surface area contributed by atoms with E-state index in [0.717, 1.165) is 55.1 Å². The molecular formula is C27H31N7O4. The van der Waals surface area contributed by atoms with Crippen molar-refractivity contribution < 1.29 is 19.0 Å². The van der Waals surface area contributed by atoms with E-state index in [-0.39, 0.29) is 11.7 Å². The van der Waals surface area contributed by atoms with Crippen molar-refractivity contribution >= 4 is 35.4 Å². The van der Waals surface area contributed by atoms with Gasteiger partial charge in [0, 0.05) is 49.9 Å². The van der Waals surface area contributed by atoms with Gasteiger partial charge in [-0.05, 0) is 42.0 Å². The molecule has 2 aliphatic rings. The number of nitrogen functional groups attached to an aromatic ring is 1. The maximum atomic E-state index is 12.4. The Morgan fingerprint density at radius 1 is 1.16 bits per heavy atom. The number of nitrogens with zero attached hydrogens (tertiary/aromatic N) is 5. The SMILES string of the molecule is COCCN1C=Cc2cc(-c3cnc(N)c(OC)n3)nc(Nc3ccc(N4CCOCC4)cc3)c2C1C=O. The van der Waals surface area contributed by atoms with Crippen molar-refractivity contribution in [1.29, 1.82) is 0 Å². The van der Waals surface area contributed by atoms with Gasteiger partial charge >= 0.3 is 0 Å². The van der Waals surface area contributed by atoms with E-state index < -0.39 is 6.04 Å². The molecule has 3 aromatic rings. The zero-order valence-corrected chi connectivity index (χ0v) is 21.5. The zero-order chi connectivity index (χ0) is 26.5. The molecule has 1 fully saturated rings. The van der Waals surface area contributed by atoms with E-state index in [2.05, 4.69) is 32.3 Å². The fourth-order valence-corrected chi connectivity index (χ4v) is 4.61. The van der Waals surface area contributed by atoms with Crippen LogP contribution in [0.1, 0.15) is 17.2 Å². The predicted molar refractivity (Wildman–Crippen MR) is 145 cm³/mol. The smallest absolute Gasteiger partial charge is 0.257 e. The number of nitrogens with two attached hydrogens (primary N) is 1. The summed E-state index contributed by atoms with van der Waals surface area (Å²) in [5.41, 5.74) is 10.5. The summed E-state index contributed by atoms with van der Waals surface area (Å²) in [6.07, 6.45) is 6.35. The van der Waals surface area contributed by atoms with Gasteiger partial charge in [0.15, 0.2) is 5.82 Å². The monoisotopic (exact) mass is 517 g/mol. The lowest BCUT2D eigenvalue weighted by molar-refractivity contribution is -0.112. The molecule has 38 heavy (non-hydrogen) atoms. The molecule has 2 aliphatic heterocycles. The first kappa shape index (κ1) is 25.4. The molecule has 3 N–H and O–H groups in total. The summed E-state index contributed by atoms with van der Waals surface area (Å²) in [5, 5.41) is 3.44. The third-order valence-electron chi connectivity index (χ3n) is 6.60. The number of aldehydes is 1. The summed E-state index contributed by atoms with van der Waals surface area (Å²) in [6, 6.07) is 9.52. The quantitative estimate of drug-likeness (QED) is 0.407. The number of morpholine rings is 1. The summed E-state index contributed by atoms with van der Waals surface area (Å²) in [5.74, 6) is 0.975. The number of hydrogen-bond donors (Lipinski definition) is 2. The molecule has 0 amide bonds. The largest absolute Gasteiger partial charge is 0.478 e. The number of anilines is 4. The highest BCUT2D eigenvalue weighted by molar-refractivity contribution is 5.80. The van der Waals surface area contributed by atoms with Crippen molar-refractivity contribution in [3.05, 3.63) is 53.9 Å². The summed E-state index contributed by atoms with van der Waals surface area (Å²) in [6.45, 7) is 4.22. The van der Waals surface area contributed by atoms with E-state index >= 15 is 0 Å². The van der Waals surface area contributed by atoms with Crippen molar-refractivity contribution in [2.45, 2.75) is 6.04 Å². The van der Waals surface area contributed by atoms with E-state index in [1.54, 1.807) is 13.3 Å². The minimum Gasteiger partial charge on any atom is -0.478 e. The Bertz CT molecular complexity index is 1310. The number of methoxy groups -OCH3 is 2. The number of nitrogens with one attached hydrogen (secondary N) is 1. The summed E-state index contributed by atoms with van der Waals surface area (Å²) >= 11 is 0. The molecule has 4 heterocycles. The standard InChI is InChI=1S/C27H31N7O4/c1-36-12-9-34-8-7-18-15-21(22-16-29-25(28)27(32-22)37-2)31-26(24(18)23(34)17-35)30-19-3-5-20(6-4-19)33-10-13-38-14-11-33/h3-8,15-17,23H,9-14H2,1-2H3,(H2,28,29)(H,30,31). The van der Waals surface area contributed by atoms with Crippen LogP contribution >= 0.6 is 0 Å². The topological polar surface area (TPSA) is 128 Å². The highest BCUT2D eigenvalue weighted by Gasteiger charge is 2.28. The van der Waals surface area contributed by atoms with Crippen molar-refractivity contribution in [3.63, 3.8) is 0 Å². The first-order valence-electron chi connectivity index (χ1n) is 12.4. The molecule has 0 radical (unpaired) electrons. The third-order valence-corrected chi connectivity index (χ3v) is 6.60. The first-order chi connectivity index (χ1) is 18.6. The van der Waals surface area contributed by atoms with Crippen LogP contribution in [0.3, 0.4) is 0 Å². The molecule has 0 bridgehead atoms. The number of pyridine rings is 1. The lowest BCUT2D eigenvalue weighted by Crippen LogP contribution is -2.36. The molecule has 1 unspecified atom stereocenters. The summed E-state index contributed by atoms with van der Waals surface area (Å²) < 4.78 is 16.0. The molecule has 1 atom stereocenters. The van der Waals surface area contributed by atoms with E-state index in [1.807, 2.05) is 35.4 Å². The number of rotatable bonds is 9. The summed E-state index contributed by atoms with van der Waals surface area (Å²) in [4.78, 5) is 30.2. The Kier molecular flexibility index (Phi) is 7.66. The van der Waals surface area contributed by atoms with Crippen LogP contribution in [0.5, 0.6) is 5.88 Å². The Labute approximate surface area is 221 Å². The Morgan fingerprint density at radius 3 is 2.66 bits per heavy atom. The van der Waals surface area contributed by atoms with E-state index in [1.165, 1.54) is 7.11 Å². The van der Waals surface area contributed by atoms with E-state index in [4.69, 9.17) is 24.9 Å². The highest BCUT2D eigenvalue weighted by atomic mass is 16.5. The number of benzene rings is 1. The van der Waals surface area contributed by atoms with Crippen LogP contribution in [0.4, 0.5) is 23.0 Å².